The van der Waals surface area contributed by atoms with Gasteiger partial charge < -0.3 is 10.6 Å². The van der Waals surface area contributed by atoms with Crippen LogP contribution < -0.4 is 10.6 Å². The van der Waals surface area contributed by atoms with E-state index < -0.39 is 0 Å². The van der Waals surface area contributed by atoms with E-state index in [1.54, 1.807) is 6.92 Å². The molecule has 1 fully saturated rings. The molecule has 0 radical (unpaired) electrons. The number of amides is 1. The molecule has 0 spiro atoms. The predicted molar refractivity (Wildman–Crippen MR) is 56.6 cm³/mol. The molecule has 2 N–H and O–H groups in total. The number of nitrogens with zero attached hydrogens (tertiary/aromatic N) is 2. The molecule has 0 saturated carbocycles. The number of aryl methyl sites for hydroxylation is 1. The van der Waals surface area contributed by atoms with Crippen molar-refractivity contribution in [1.82, 2.24) is 9.69 Å². The van der Waals surface area contributed by atoms with Crippen LogP contribution in [0.5, 0.6) is 0 Å². The average Bonchev–Trinajstić information content (AvgIpc) is 2.75. The van der Waals surface area contributed by atoms with Gasteiger partial charge in [-0.1, -0.05) is 0 Å². The fourth-order valence-electron chi connectivity index (χ4n) is 1.49. The lowest BCUT2D eigenvalue weighted by molar-refractivity contribution is -0.119. The Balaban J connectivity index is 2.11. The standard InChI is InChI=1S/C9H10N4OS/c1-5-7(3-10)9(15-13-5)12-6-2-8(14)11-4-6/h6,12H,2,4H2,1H3,(H,11,14). The molecule has 0 aliphatic carbocycles. The van der Waals surface area contributed by atoms with E-state index in [9.17, 15) is 4.79 Å². The Bertz CT molecular complexity index is 434. The van der Waals surface area contributed by atoms with Gasteiger partial charge in [-0.15, -0.1) is 0 Å². The molecule has 1 aromatic heterocycles. The van der Waals surface area contributed by atoms with Gasteiger partial charge in [-0.3, -0.25) is 4.79 Å². The third kappa shape index (κ3) is 1.92. The SMILES string of the molecule is Cc1nsc(NC2CNC(=O)C2)c1C#N. The smallest absolute Gasteiger partial charge is 0.222 e. The fourth-order valence-corrected chi connectivity index (χ4v) is 2.32. The molecule has 1 atom stereocenters. The molecule has 0 bridgehead atoms. The molecule has 1 aliphatic rings. The zero-order valence-corrected chi connectivity index (χ0v) is 9.02. The van der Waals surface area contributed by atoms with Gasteiger partial charge in [0.2, 0.25) is 5.91 Å². The maximum atomic E-state index is 11.0. The molecule has 2 heterocycles. The normalized spacial score (nSPS) is 19.7. The van der Waals surface area contributed by atoms with Crippen LogP contribution in [0.2, 0.25) is 0 Å². The van der Waals surface area contributed by atoms with Crippen molar-refractivity contribution in [3.63, 3.8) is 0 Å². The summed E-state index contributed by atoms with van der Waals surface area (Å²) in [4.78, 5) is 11.0. The second-order valence-corrected chi connectivity index (χ2v) is 4.21. The summed E-state index contributed by atoms with van der Waals surface area (Å²) in [7, 11) is 0. The van der Waals surface area contributed by atoms with Crippen molar-refractivity contribution in [2.24, 2.45) is 0 Å². The first-order valence-electron chi connectivity index (χ1n) is 4.60. The number of carbonyl (C=O) groups excluding carboxylic acids is 1. The van der Waals surface area contributed by atoms with Crippen molar-refractivity contribution in [2.45, 2.75) is 19.4 Å². The maximum absolute atomic E-state index is 11.0. The summed E-state index contributed by atoms with van der Waals surface area (Å²) in [5.41, 5.74) is 1.32. The van der Waals surface area contributed by atoms with Gasteiger partial charge in [-0.2, -0.15) is 9.64 Å². The molecule has 2 rings (SSSR count). The van der Waals surface area contributed by atoms with Gasteiger partial charge in [0.15, 0.2) is 0 Å². The minimum Gasteiger partial charge on any atom is -0.370 e. The van der Waals surface area contributed by atoms with E-state index in [2.05, 4.69) is 21.1 Å². The number of nitriles is 1. The largest absolute Gasteiger partial charge is 0.370 e. The van der Waals surface area contributed by atoms with Crippen LogP contribution in [0.15, 0.2) is 0 Å². The minimum atomic E-state index is 0.0484. The van der Waals surface area contributed by atoms with Crippen LogP contribution in [0.3, 0.4) is 0 Å². The van der Waals surface area contributed by atoms with Crippen LogP contribution in [0.4, 0.5) is 5.00 Å². The third-order valence-electron chi connectivity index (χ3n) is 2.29. The van der Waals surface area contributed by atoms with Gasteiger partial charge in [0.05, 0.1) is 11.7 Å². The Kier molecular flexibility index (Phi) is 2.56. The fraction of sp³-hybridized carbons (Fsp3) is 0.444. The number of carbonyl (C=O) groups is 1. The van der Waals surface area contributed by atoms with Crippen molar-refractivity contribution >= 4 is 22.4 Å². The Morgan fingerprint density at radius 2 is 2.53 bits per heavy atom. The van der Waals surface area contributed by atoms with E-state index in [0.29, 0.717) is 18.5 Å². The van der Waals surface area contributed by atoms with Gasteiger partial charge in [-0.25, -0.2) is 0 Å². The third-order valence-corrected chi connectivity index (χ3v) is 3.16. The Morgan fingerprint density at radius 1 is 1.73 bits per heavy atom. The maximum Gasteiger partial charge on any atom is 0.222 e. The molecule has 1 saturated heterocycles. The summed E-state index contributed by atoms with van der Waals surface area (Å²) in [6, 6.07) is 2.18. The van der Waals surface area contributed by atoms with Crippen LogP contribution in [0.25, 0.3) is 0 Å². The molecule has 0 aromatic carbocycles. The van der Waals surface area contributed by atoms with Gasteiger partial charge in [-0.05, 0) is 18.5 Å². The number of aromatic nitrogens is 1. The van der Waals surface area contributed by atoms with E-state index >= 15 is 0 Å². The van der Waals surface area contributed by atoms with Crippen molar-refractivity contribution in [3.05, 3.63) is 11.3 Å². The van der Waals surface area contributed by atoms with Crippen LogP contribution >= 0.6 is 11.5 Å². The molecule has 78 valence electrons. The molecule has 5 nitrogen and oxygen atoms in total. The summed E-state index contributed by atoms with van der Waals surface area (Å²) < 4.78 is 4.10. The van der Waals surface area contributed by atoms with Gasteiger partial charge >= 0.3 is 0 Å². The lowest BCUT2D eigenvalue weighted by Gasteiger charge is -2.08. The van der Waals surface area contributed by atoms with E-state index in [-0.39, 0.29) is 11.9 Å². The first kappa shape index (κ1) is 9.93. The van der Waals surface area contributed by atoms with Crippen LogP contribution in [0.1, 0.15) is 17.7 Å². The molecule has 15 heavy (non-hydrogen) atoms. The number of nitrogens with one attached hydrogen (secondary N) is 2. The monoisotopic (exact) mass is 222 g/mol. The number of hydrogen-bond donors (Lipinski definition) is 2. The number of anilines is 1. The quantitative estimate of drug-likeness (QED) is 0.769. The highest BCUT2D eigenvalue weighted by atomic mass is 32.1. The van der Waals surface area contributed by atoms with Crippen molar-refractivity contribution < 1.29 is 4.79 Å². The molecular formula is C9H10N4OS. The Labute approximate surface area is 91.3 Å². The van der Waals surface area contributed by atoms with Gasteiger partial charge in [0, 0.05) is 13.0 Å². The summed E-state index contributed by atoms with van der Waals surface area (Å²) in [6.07, 6.45) is 0.460. The molecular weight excluding hydrogens is 212 g/mol. The van der Waals surface area contributed by atoms with Gasteiger partial charge in [0.1, 0.15) is 16.6 Å². The zero-order chi connectivity index (χ0) is 10.8. The molecule has 6 heteroatoms. The van der Waals surface area contributed by atoms with Crippen LogP contribution in [0, 0.1) is 18.3 Å². The molecule has 1 amide bonds. The highest BCUT2D eigenvalue weighted by molar-refractivity contribution is 7.10. The zero-order valence-electron chi connectivity index (χ0n) is 8.20. The molecule has 1 unspecified atom stereocenters. The Hall–Kier alpha value is -1.61. The summed E-state index contributed by atoms with van der Waals surface area (Å²) in [5.74, 6) is 0.0484. The molecule has 1 aliphatic heterocycles. The highest BCUT2D eigenvalue weighted by Gasteiger charge is 2.23. The van der Waals surface area contributed by atoms with E-state index in [0.717, 1.165) is 10.7 Å². The second-order valence-electron chi connectivity index (χ2n) is 3.43. The summed E-state index contributed by atoms with van der Waals surface area (Å²) in [6.45, 7) is 2.42. The van der Waals surface area contributed by atoms with E-state index in [4.69, 9.17) is 5.26 Å². The van der Waals surface area contributed by atoms with Crippen molar-refractivity contribution in [3.8, 4) is 6.07 Å². The Morgan fingerprint density at radius 3 is 3.13 bits per heavy atom. The van der Waals surface area contributed by atoms with E-state index in [1.807, 2.05) is 0 Å². The number of rotatable bonds is 2. The van der Waals surface area contributed by atoms with E-state index in [1.165, 1.54) is 11.5 Å². The second kappa shape index (κ2) is 3.87. The number of hydrogen-bond acceptors (Lipinski definition) is 5. The predicted octanol–water partition coefficient (Wildman–Crippen LogP) is 0.624. The van der Waals surface area contributed by atoms with Gasteiger partial charge in [0.25, 0.3) is 0 Å². The van der Waals surface area contributed by atoms with Crippen LogP contribution in [-0.2, 0) is 4.79 Å². The van der Waals surface area contributed by atoms with Crippen LogP contribution in [-0.4, -0.2) is 22.9 Å². The first-order chi connectivity index (χ1) is 7.20. The van der Waals surface area contributed by atoms with Crippen molar-refractivity contribution in [1.29, 1.82) is 5.26 Å². The molecule has 1 aromatic rings. The topological polar surface area (TPSA) is 77.8 Å². The minimum absolute atomic E-state index is 0.0484. The summed E-state index contributed by atoms with van der Waals surface area (Å²) in [5, 5.41) is 15.6. The highest BCUT2D eigenvalue weighted by Crippen LogP contribution is 2.24. The lowest BCUT2D eigenvalue weighted by Crippen LogP contribution is -2.22. The van der Waals surface area contributed by atoms with Crippen molar-refractivity contribution in [2.75, 3.05) is 11.9 Å². The lowest BCUT2D eigenvalue weighted by atomic mass is 10.2. The average molecular weight is 222 g/mol. The first-order valence-corrected chi connectivity index (χ1v) is 5.37. The summed E-state index contributed by atoms with van der Waals surface area (Å²) >= 11 is 1.27.